The Balaban J connectivity index is 1.58. The highest BCUT2D eigenvalue weighted by Gasteiger charge is 2.21. The molecule has 0 atom stereocenters. The van der Waals surface area contributed by atoms with Crippen molar-refractivity contribution in [1.29, 1.82) is 0 Å². The van der Waals surface area contributed by atoms with E-state index in [2.05, 4.69) is 15.1 Å². The van der Waals surface area contributed by atoms with E-state index in [9.17, 15) is 8.78 Å². The van der Waals surface area contributed by atoms with Crippen LogP contribution >= 0.6 is 11.8 Å². The smallest absolute Gasteiger partial charge is 0.158 e. The van der Waals surface area contributed by atoms with Gasteiger partial charge in [-0.3, -0.25) is 0 Å². The molecule has 128 valence electrons. The summed E-state index contributed by atoms with van der Waals surface area (Å²) in [6, 6.07) is 5.32. The van der Waals surface area contributed by atoms with Crippen LogP contribution in [0.15, 0.2) is 35.6 Å². The molecule has 1 aliphatic carbocycles. The van der Waals surface area contributed by atoms with Crippen LogP contribution in [0.5, 0.6) is 0 Å². The van der Waals surface area contributed by atoms with Gasteiger partial charge < -0.3 is 0 Å². The Bertz CT molecular complexity index is 939. The van der Waals surface area contributed by atoms with Gasteiger partial charge in [0, 0.05) is 23.1 Å². The van der Waals surface area contributed by atoms with Gasteiger partial charge in [0.15, 0.2) is 5.82 Å². The maximum Gasteiger partial charge on any atom is 0.158 e. The second-order valence-electron chi connectivity index (χ2n) is 6.01. The van der Waals surface area contributed by atoms with Gasteiger partial charge in [0.1, 0.15) is 23.0 Å². The van der Waals surface area contributed by atoms with Gasteiger partial charge in [-0.2, -0.15) is 5.10 Å². The highest BCUT2D eigenvalue weighted by molar-refractivity contribution is 7.98. The van der Waals surface area contributed by atoms with Crippen molar-refractivity contribution in [2.75, 3.05) is 0 Å². The zero-order valence-corrected chi connectivity index (χ0v) is 14.5. The third-order valence-corrected chi connectivity index (χ3v) is 5.33. The fraction of sp³-hybridized carbons (Fsp3) is 0.278. The lowest BCUT2D eigenvalue weighted by Gasteiger charge is -2.07. The second kappa shape index (κ2) is 6.55. The highest BCUT2D eigenvalue weighted by Crippen LogP contribution is 2.28. The molecule has 4 rings (SSSR count). The van der Waals surface area contributed by atoms with E-state index in [-0.39, 0.29) is 0 Å². The molecular formula is C18H16F2N4S. The Labute approximate surface area is 148 Å². The zero-order valence-electron chi connectivity index (χ0n) is 13.7. The number of benzene rings is 1. The van der Waals surface area contributed by atoms with E-state index < -0.39 is 11.6 Å². The van der Waals surface area contributed by atoms with E-state index >= 15 is 0 Å². The molecule has 0 saturated carbocycles. The molecule has 7 heteroatoms. The van der Waals surface area contributed by atoms with Crippen molar-refractivity contribution in [2.45, 2.75) is 37.0 Å². The molecular weight excluding hydrogens is 342 g/mol. The molecule has 4 nitrogen and oxygen atoms in total. The number of thioether (sulfide) groups is 1. The summed E-state index contributed by atoms with van der Waals surface area (Å²) in [6.07, 6.45) is 4.68. The first-order chi connectivity index (χ1) is 12.1. The molecule has 0 saturated heterocycles. The number of aryl methyl sites for hydroxylation is 1. The van der Waals surface area contributed by atoms with E-state index in [4.69, 9.17) is 0 Å². The summed E-state index contributed by atoms with van der Waals surface area (Å²) >= 11 is 1.35. The van der Waals surface area contributed by atoms with Crippen LogP contribution in [0.4, 0.5) is 8.78 Å². The standard InChI is InChI=1S/C18H16F2N4S/c1-11-14-3-2-4-16(14)24(23-11)17-8-18(22-10-21-17)25-9-12-7-13(19)5-6-15(12)20/h5-8,10H,2-4,9H2,1H3. The van der Waals surface area contributed by atoms with E-state index in [0.29, 0.717) is 22.2 Å². The maximum absolute atomic E-state index is 13.7. The van der Waals surface area contributed by atoms with Crippen LogP contribution < -0.4 is 0 Å². The Morgan fingerprint density at radius 3 is 2.92 bits per heavy atom. The van der Waals surface area contributed by atoms with Gasteiger partial charge in [-0.25, -0.2) is 23.4 Å². The monoisotopic (exact) mass is 358 g/mol. The minimum atomic E-state index is -0.442. The van der Waals surface area contributed by atoms with Crippen molar-refractivity contribution in [3.05, 3.63) is 64.7 Å². The summed E-state index contributed by atoms with van der Waals surface area (Å²) in [5, 5.41) is 5.30. The lowest BCUT2D eigenvalue weighted by molar-refractivity contribution is 0.591. The molecule has 1 aliphatic rings. The van der Waals surface area contributed by atoms with E-state index in [1.165, 1.54) is 35.4 Å². The summed E-state index contributed by atoms with van der Waals surface area (Å²) in [5.74, 6) is 0.158. The van der Waals surface area contributed by atoms with Gasteiger partial charge in [0.25, 0.3) is 0 Å². The van der Waals surface area contributed by atoms with Crippen LogP contribution in [0.25, 0.3) is 5.82 Å². The summed E-state index contributed by atoms with van der Waals surface area (Å²) in [6.45, 7) is 2.02. The summed E-state index contributed by atoms with van der Waals surface area (Å²) in [4.78, 5) is 8.56. The Hall–Kier alpha value is -2.28. The number of nitrogens with zero attached hydrogens (tertiary/aromatic N) is 4. The SMILES string of the molecule is Cc1nn(-c2cc(SCc3cc(F)ccc3F)ncn2)c2c1CCC2. The molecule has 0 fully saturated rings. The van der Waals surface area contributed by atoms with Crippen LogP contribution in [0, 0.1) is 18.6 Å². The van der Waals surface area contributed by atoms with Crippen LogP contribution in [0.2, 0.25) is 0 Å². The molecule has 0 aliphatic heterocycles. The quantitative estimate of drug-likeness (QED) is 0.522. The van der Waals surface area contributed by atoms with Gasteiger partial charge in [0.05, 0.1) is 5.69 Å². The topological polar surface area (TPSA) is 43.6 Å². The van der Waals surface area contributed by atoms with Crippen molar-refractivity contribution >= 4 is 11.8 Å². The molecule has 0 spiro atoms. The lowest BCUT2D eigenvalue weighted by atomic mass is 10.2. The summed E-state index contributed by atoms with van der Waals surface area (Å²) < 4.78 is 28.9. The van der Waals surface area contributed by atoms with Gasteiger partial charge in [0.2, 0.25) is 0 Å². The largest absolute Gasteiger partial charge is 0.230 e. The van der Waals surface area contributed by atoms with Crippen molar-refractivity contribution < 1.29 is 8.78 Å². The molecule has 0 bridgehead atoms. The predicted octanol–water partition coefficient (Wildman–Crippen LogP) is 4.03. The molecule has 0 amide bonds. The van der Waals surface area contributed by atoms with Gasteiger partial charge in [-0.1, -0.05) is 0 Å². The van der Waals surface area contributed by atoms with Crippen molar-refractivity contribution in [3.8, 4) is 5.82 Å². The molecule has 25 heavy (non-hydrogen) atoms. The number of hydrogen-bond acceptors (Lipinski definition) is 4. The molecule has 1 aromatic carbocycles. The third kappa shape index (κ3) is 3.16. The van der Waals surface area contributed by atoms with E-state index in [1.807, 2.05) is 17.7 Å². The van der Waals surface area contributed by atoms with E-state index in [0.717, 1.165) is 37.1 Å². The minimum Gasteiger partial charge on any atom is -0.230 e. The Morgan fingerprint density at radius 2 is 2.04 bits per heavy atom. The maximum atomic E-state index is 13.7. The average Bonchev–Trinajstić information content (AvgIpc) is 3.20. The first kappa shape index (κ1) is 16.2. The zero-order chi connectivity index (χ0) is 17.4. The lowest BCUT2D eigenvalue weighted by Crippen LogP contribution is -2.04. The Morgan fingerprint density at radius 1 is 1.16 bits per heavy atom. The summed E-state index contributed by atoms with van der Waals surface area (Å²) in [7, 11) is 0. The normalized spacial score (nSPS) is 13.2. The van der Waals surface area contributed by atoms with Crippen LogP contribution in [-0.4, -0.2) is 19.7 Å². The number of rotatable bonds is 4. The number of hydrogen-bond donors (Lipinski definition) is 0. The third-order valence-electron chi connectivity index (χ3n) is 4.36. The van der Waals surface area contributed by atoms with Gasteiger partial charge in [-0.15, -0.1) is 11.8 Å². The first-order valence-corrected chi connectivity index (χ1v) is 9.07. The molecule has 3 aromatic rings. The molecule has 0 unspecified atom stereocenters. The van der Waals surface area contributed by atoms with Crippen LogP contribution in [0.1, 0.15) is 28.9 Å². The first-order valence-electron chi connectivity index (χ1n) is 8.08. The van der Waals surface area contributed by atoms with E-state index in [1.54, 1.807) is 0 Å². The molecule has 2 heterocycles. The summed E-state index contributed by atoms with van der Waals surface area (Å²) in [5.41, 5.74) is 3.89. The van der Waals surface area contributed by atoms with Crippen molar-refractivity contribution in [2.24, 2.45) is 0 Å². The average molecular weight is 358 g/mol. The highest BCUT2D eigenvalue weighted by atomic mass is 32.2. The predicted molar refractivity (Wildman–Crippen MR) is 91.8 cm³/mol. The molecule has 0 radical (unpaired) electrons. The van der Waals surface area contributed by atoms with Crippen LogP contribution in [-0.2, 0) is 18.6 Å². The fourth-order valence-electron chi connectivity index (χ4n) is 3.14. The Kier molecular flexibility index (Phi) is 4.25. The molecule has 2 aromatic heterocycles. The fourth-order valence-corrected chi connectivity index (χ4v) is 3.98. The number of fused-ring (bicyclic) bond motifs is 1. The second-order valence-corrected chi connectivity index (χ2v) is 7.01. The van der Waals surface area contributed by atoms with Gasteiger partial charge in [-0.05, 0) is 49.9 Å². The van der Waals surface area contributed by atoms with Crippen molar-refractivity contribution in [3.63, 3.8) is 0 Å². The number of halogens is 2. The number of aromatic nitrogens is 4. The van der Waals surface area contributed by atoms with Crippen molar-refractivity contribution in [1.82, 2.24) is 19.7 Å². The van der Waals surface area contributed by atoms with Crippen LogP contribution in [0.3, 0.4) is 0 Å². The molecule has 0 N–H and O–H groups in total. The minimum absolute atomic E-state index is 0.302. The van der Waals surface area contributed by atoms with Gasteiger partial charge >= 0.3 is 0 Å².